The number of phenols is 2. The van der Waals surface area contributed by atoms with E-state index in [-0.39, 0.29) is 21.7 Å². The Hall–Kier alpha value is -3.09. The largest absolute Gasteiger partial charge is 0.507 e. The van der Waals surface area contributed by atoms with E-state index in [4.69, 9.17) is 0 Å². The molecule has 0 radical (unpaired) electrons. The molecule has 0 amide bonds. The van der Waals surface area contributed by atoms with Crippen LogP contribution in [0.1, 0.15) is 105 Å². The van der Waals surface area contributed by atoms with Gasteiger partial charge in [-0.05, 0) is 68.2 Å². The highest BCUT2D eigenvalue weighted by molar-refractivity contribution is 7.49. The fourth-order valence-electron chi connectivity index (χ4n) is 6.77. The highest BCUT2D eigenvalue weighted by Crippen LogP contribution is 2.43. The first-order valence-electron chi connectivity index (χ1n) is 17.6. The minimum absolute atomic E-state index is 0.161. The van der Waals surface area contributed by atoms with Crippen molar-refractivity contribution in [1.82, 2.24) is 0 Å². The smallest absolute Gasteiger partial charge is 0.123 e. The zero-order valence-electron chi connectivity index (χ0n) is 32.8. The standard InChI is InChI=1S/C44H62O2Si2/c1-41(2,3)35-25-31(26-36(39(35)45)42(4,5)6)29-17-21-33(22-18-29)47(13,14)48(15,16)34-23-19-30(20-24-34)32-27-37(43(7,8)9)40(46)38(28-32)44(10,11)12/h17-28,45-46H,1-16H3. The van der Waals surface area contributed by atoms with Gasteiger partial charge >= 0.3 is 0 Å². The number of hydrogen-bond donors (Lipinski definition) is 2. The van der Waals surface area contributed by atoms with E-state index in [1.54, 1.807) is 0 Å². The van der Waals surface area contributed by atoms with E-state index in [9.17, 15) is 10.2 Å². The van der Waals surface area contributed by atoms with Gasteiger partial charge in [0.25, 0.3) is 0 Å². The quantitative estimate of drug-likeness (QED) is 0.206. The fourth-order valence-corrected chi connectivity index (χ4v) is 15.5. The molecule has 0 aliphatic carbocycles. The van der Waals surface area contributed by atoms with Gasteiger partial charge in [0.1, 0.15) is 11.5 Å². The van der Waals surface area contributed by atoms with Crippen molar-refractivity contribution in [2.24, 2.45) is 0 Å². The molecule has 258 valence electrons. The van der Waals surface area contributed by atoms with Crippen LogP contribution >= 0.6 is 0 Å². The number of aromatic hydroxyl groups is 2. The molecule has 4 aromatic carbocycles. The lowest BCUT2D eigenvalue weighted by Gasteiger charge is -2.39. The van der Waals surface area contributed by atoms with Crippen molar-refractivity contribution in [3.63, 3.8) is 0 Å². The molecule has 0 saturated heterocycles. The van der Waals surface area contributed by atoms with Crippen molar-refractivity contribution in [2.45, 2.75) is 131 Å². The zero-order valence-corrected chi connectivity index (χ0v) is 34.8. The average Bonchev–Trinajstić information content (AvgIpc) is 2.95. The predicted octanol–water partition coefficient (Wildman–Crippen LogP) is 11.2. The lowest BCUT2D eigenvalue weighted by molar-refractivity contribution is 0.422. The highest BCUT2D eigenvalue weighted by atomic mass is 29.3. The average molecular weight is 679 g/mol. The Labute approximate surface area is 294 Å². The van der Waals surface area contributed by atoms with Gasteiger partial charge in [0.05, 0.1) is 15.2 Å². The van der Waals surface area contributed by atoms with Crippen LogP contribution in [0.15, 0.2) is 72.8 Å². The molecule has 48 heavy (non-hydrogen) atoms. The van der Waals surface area contributed by atoms with Gasteiger partial charge in [-0.15, -0.1) is 0 Å². The first-order chi connectivity index (χ1) is 21.7. The van der Waals surface area contributed by atoms with Crippen molar-refractivity contribution >= 4 is 25.6 Å². The van der Waals surface area contributed by atoms with Crippen molar-refractivity contribution in [3.8, 4) is 33.8 Å². The van der Waals surface area contributed by atoms with Crippen LogP contribution in [-0.2, 0) is 21.7 Å². The summed E-state index contributed by atoms with van der Waals surface area (Å²) in [5.41, 5.74) is 8.07. The molecule has 2 N–H and O–H groups in total. The summed E-state index contributed by atoms with van der Waals surface area (Å²) in [5.74, 6) is 0.856. The van der Waals surface area contributed by atoms with E-state index in [2.05, 4.69) is 182 Å². The second kappa shape index (κ2) is 12.4. The normalized spacial score (nSPS) is 13.6. The van der Waals surface area contributed by atoms with E-state index in [1.807, 2.05) is 0 Å². The summed E-state index contributed by atoms with van der Waals surface area (Å²) < 4.78 is 0. The highest BCUT2D eigenvalue weighted by Gasteiger charge is 2.43. The monoisotopic (exact) mass is 678 g/mol. The topological polar surface area (TPSA) is 40.5 Å². The van der Waals surface area contributed by atoms with Gasteiger partial charge in [-0.25, -0.2) is 0 Å². The summed E-state index contributed by atoms with van der Waals surface area (Å²) in [6.45, 7) is 36.2. The third-order valence-corrected chi connectivity index (χ3v) is 28.7. The summed E-state index contributed by atoms with van der Waals surface area (Å²) in [6.07, 6.45) is 0. The minimum Gasteiger partial charge on any atom is -0.507 e. The minimum atomic E-state index is -1.87. The maximum absolute atomic E-state index is 11.3. The lowest BCUT2D eigenvalue weighted by Crippen LogP contribution is -2.69. The van der Waals surface area contributed by atoms with Crippen LogP contribution < -0.4 is 10.4 Å². The molecular formula is C44H62O2Si2. The Kier molecular flexibility index (Phi) is 9.71. The number of hydrogen-bond acceptors (Lipinski definition) is 2. The van der Waals surface area contributed by atoms with Gasteiger partial charge in [0.2, 0.25) is 0 Å². The molecule has 0 atom stereocenters. The molecule has 4 heteroatoms. The van der Waals surface area contributed by atoms with E-state index >= 15 is 0 Å². The van der Waals surface area contributed by atoms with Crippen molar-refractivity contribution in [1.29, 1.82) is 0 Å². The number of phenolic OH excluding ortho intramolecular Hbond substituents is 2. The molecule has 0 spiro atoms. The Morgan fingerprint density at radius 2 is 0.562 bits per heavy atom. The molecule has 0 aliphatic rings. The van der Waals surface area contributed by atoms with Gasteiger partial charge in [-0.3, -0.25) is 0 Å². The SMILES string of the molecule is CC(C)(C)c1cc(-c2ccc([Si](C)(C)[Si](C)(C)c3ccc(-c4cc(C(C)(C)C)c(O)c(C(C)(C)C)c4)cc3)cc2)cc(C(C)(C)C)c1O. The molecule has 0 aliphatic heterocycles. The molecule has 0 saturated carbocycles. The first kappa shape index (κ1) is 37.7. The first-order valence-corrected chi connectivity index (χ1v) is 24.6. The van der Waals surface area contributed by atoms with Crippen LogP contribution in [0.2, 0.25) is 26.2 Å². The van der Waals surface area contributed by atoms with E-state index < -0.39 is 15.2 Å². The molecule has 2 nitrogen and oxygen atoms in total. The van der Waals surface area contributed by atoms with E-state index in [1.165, 1.54) is 32.6 Å². The zero-order chi connectivity index (χ0) is 36.4. The van der Waals surface area contributed by atoms with Gasteiger partial charge in [-0.1, -0.05) is 168 Å². The summed E-state index contributed by atoms with van der Waals surface area (Å²) in [6, 6.07) is 27.5. The molecule has 4 aromatic rings. The van der Waals surface area contributed by atoms with Crippen molar-refractivity contribution in [3.05, 3.63) is 95.1 Å². The predicted molar refractivity (Wildman–Crippen MR) is 216 cm³/mol. The molecule has 0 bridgehead atoms. The second-order valence-electron chi connectivity index (χ2n) is 19.2. The van der Waals surface area contributed by atoms with E-state index in [0.717, 1.165) is 22.3 Å². The third-order valence-electron chi connectivity index (χ3n) is 10.9. The maximum Gasteiger partial charge on any atom is 0.123 e. The Morgan fingerprint density at radius 3 is 0.750 bits per heavy atom. The third kappa shape index (κ3) is 7.26. The molecule has 0 aromatic heterocycles. The van der Waals surface area contributed by atoms with Crippen LogP contribution in [0.4, 0.5) is 0 Å². The summed E-state index contributed by atoms with van der Waals surface area (Å²) >= 11 is 0. The van der Waals surface area contributed by atoms with Crippen molar-refractivity contribution in [2.75, 3.05) is 0 Å². The molecule has 0 fully saturated rings. The summed E-state index contributed by atoms with van der Waals surface area (Å²) in [5, 5.41) is 25.5. The number of rotatable bonds is 5. The lowest BCUT2D eigenvalue weighted by atomic mass is 9.78. The Bertz CT molecular complexity index is 1580. The van der Waals surface area contributed by atoms with Gasteiger partial charge in [-0.2, -0.15) is 0 Å². The molecule has 4 rings (SSSR count). The summed E-state index contributed by atoms with van der Waals surface area (Å²) in [4.78, 5) is 0. The Balaban J connectivity index is 1.71. The van der Waals surface area contributed by atoms with Crippen LogP contribution in [0.25, 0.3) is 22.3 Å². The molecule has 0 unspecified atom stereocenters. The molecular weight excluding hydrogens is 617 g/mol. The second-order valence-corrected chi connectivity index (χ2v) is 34.4. The fraction of sp³-hybridized carbons (Fsp3) is 0.455. The van der Waals surface area contributed by atoms with E-state index in [0.29, 0.717) is 11.5 Å². The van der Waals surface area contributed by atoms with Crippen molar-refractivity contribution < 1.29 is 10.2 Å². The van der Waals surface area contributed by atoms with Gasteiger partial charge in [0.15, 0.2) is 0 Å². The number of benzene rings is 4. The van der Waals surface area contributed by atoms with Crippen LogP contribution in [0, 0.1) is 0 Å². The van der Waals surface area contributed by atoms with Gasteiger partial charge < -0.3 is 10.2 Å². The molecule has 0 heterocycles. The maximum atomic E-state index is 11.3. The van der Waals surface area contributed by atoms with Crippen LogP contribution in [-0.4, -0.2) is 25.4 Å². The summed E-state index contributed by atoms with van der Waals surface area (Å²) in [7, 11) is -3.74. The van der Waals surface area contributed by atoms with Crippen LogP contribution in [0.3, 0.4) is 0 Å². The Morgan fingerprint density at radius 1 is 0.354 bits per heavy atom. The van der Waals surface area contributed by atoms with Crippen LogP contribution in [0.5, 0.6) is 11.5 Å². The van der Waals surface area contributed by atoms with Gasteiger partial charge in [0, 0.05) is 22.3 Å².